The molecule has 9 heteroatoms. The Labute approximate surface area is 180 Å². The number of para-hydroxylation sites is 1. The lowest BCUT2D eigenvalue weighted by Gasteiger charge is -2.09. The van der Waals surface area contributed by atoms with Gasteiger partial charge in [-0.25, -0.2) is 9.97 Å². The maximum atomic E-state index is 12.5. The van der Waals surface area contributed by atoms with Crippen molar-refractivity contribution in [2.24, 2.45) is 0 Å². The fourth-order valence-corrected chi connectivity index (χ4v) is 4.16. The van der Waals surface area contributed by atoms with Gasteiger partial charge in [0, 0.05) is 45.2 Å². The van der Waals surface area contributed by atoms with Crippen LogP contribution in [0.15, 0.2) is 60.2 Å². The number of anilines is 2. The van der Waals surface area contributed by atoms with E-state index in [-0.39, 0.29) is 5.69 Å². The summed E-state index contributed by atoms with van der Waals surface area (Å²) in [6.45, 7) is 1.99. The molecule has 0 atom stereocenters. The van der Waals surface area contributed by atoms with E-state index >= 15 is 0 Å². The van der Waals surface area contributed by atoms with E-state index < -0.39 is 11.7 Å². The quantitative estimate of drug-likeness (QED) is 0.357. The third kappa shape index (κ3) is 5.17. The van der Waals surface area contributed by atoms with Gasteiger partial charge >= 0.3 is 6.18 Å². The molecule has 0 unspecified atom stereocenters. The standard InChI is InChI=1S/C12H11F3N2S.C9H8N2S/c1-2-8-6-17-11(18-8)9-4-3-7(5-10(9)16)12(13,14)15;10-8-4-2-1-3-7(8)9-11-5-6-12-9/h3-6H,2,16H2,1H3;1-6H,10H2. The van der Waals surface area contributed by atoms with Gasteiger partial charge in [0.15, 0.2) is 0 Å². The van der Waals surface area contributed by atoms with Crippen LogP contribution in [-0.2, 0) is 12.6 Å². The molecule has 4 N–H and O–H groups in total. The molecule has 0 fully saturated rings. The number of thiazole rings is 2. The molecule has 4 nitrogen and oxygen atoms in total. The zero-order valence-corrected chi connectivity index (χ0v) is 17.6. The van der Waals surface area contributed by atoms with Crippen LogP contribution in [0.3, 0.4) is 0 Å². The summed E-state index contributed by atoms with van der Waals surface area (Å²) in [7, 11) is 0. The van der Waals surface area contributed by atoms with Crippen molar-refractivity contribution in [3.8, 4) is 21.1 Å². The Balaban J connectivity index is 0.000000184. The molecular formula is C21H19F3N4S2. The van der Waals surface area contributed by atoms with Gasteiger partial charge in [0.1, 0.15) is 10.0 Å². The molecule has 0 amide bonds. The third-order valence-corrected chi connectivity index (χ3v) is 6.12. The first-order valence-corrected chi connectivity index (χ1v) is 10.7. The second-order valence-electron chi connectivity index (χ2n) is 6.21. The SMILES string of the molecule is CCc1cnc(-c2ccc(C(F)(F)F)cc2N)s1.Nc1ccccc1-c1nccs1. The molecule has 0 spiro atoms. The molecule has 0 saturated heterocycles. The number of nitrogens with two attached hydrogens (primary N) is 2. The Morgan fingerprint density at radius 2 is 1.67 bits per heavy atom. The number of halogens is 3. The van der Waals surface area contributed by atoms with Gasteiger partial charge in [-0.3, -0.25) is 0 Å². The highest BCUT2D eigenvalue weighted by Crippen LogP contribution is 2.36. The molecule has 0 aliphatic carbocycles. The van der Waals surface area contributed by atoms with Crippen LogP contribution < -0.4 is 11.5 Å². The van der Waals surface area contributed by atoms with Gasteiger partial charge in [0.05, 0.1) is 5.56 Å². The Morgan fingerprint density at radius 3 is 2.23 bits per heavy atom. The van der Waals surface area contributed by atoms with Crippen molar-refractivity contribution in [2.45, 2.75) is 19.5 Å². The largest absolute Gasteiger partial charge is 0.416 e. The normalized spacial score (nSPS) is 11.1. The molecule has 0 aliphatic rings. The smallest absolute Gasteiger partial charge is 0.398 e. The summed E-state index contributed by atoms with van der Waals surface area (Å²) in [5, 5.41) is 3.58. The van der Waals surface area contributed by atoms with Crippen LogP contribution in [0.2, 0.25) is 0 Å². The summed E-state index contributed by atoms with van der Waals surface area (Å²) in [6.07, 6.45) is -0.0220. The second kappa shape index (κ2) is 9.27. The average molecular weight is 449 g/mol. The molecule has 4 rings (SSSR count). The lowest BCUT2D eigenvalue weighted by Crippen LogP contribution is -2.05. The molecule has 2 heterocycles. The summed E-state index contributed by atoms with van der Waals surface area (Å²) >= 11 is 3.04. The highest BCUT2D eigenvalue weighted by molar-refractivity contribution is 7.15. The van der Waals surface area contributed by atoms with E-state index in [1.54, 1.807) is 23.7 Å². The minimum absolute atomic E-state index is 0.0989. The number of aromatic nitrogens is 2. The highest BCUT2D eigenvalue weighted by Gasteiger charge is 2.31. The minimum atomic E-state index is -4.37. The van der Waals surface area contributed by atoms with Crippen LogP contribution in [0.25, 0.3) is 21.1 Å². The number of hydrogen-bond donors (Lipinski definition) is 2. The number of alkyl halides is 3. The number of nitrogens with zero attached hydrogens (tertiary/aromatic N) is 2. The van der Waals surface area contributed by atoms with Crippen LogP contribution in [0.1, 0.15) is 17.4 Å². The first-order valence-electron chi connectivity index (χ1n) is 8.95. The monoisotopic (exact) mass is 448 g/mol. The van der Waals surface area contributed by atoms with Gasteiger partial charge in [-0.15, -0.1) is 22.7 Å². The molecular weight excluding hydrogens is 429 g/mol. The molecule has 0 aliphatic heterocycles. The highest BCUT2D eigenvalue weighted by atomic mass is 32.1. The number of nitrogen functional groups attached to an aromatic ring is 2. The van der Waals surface area contributed by atoms with Crippen LogP contribution in [-0.4, -0.2) is 9.97 Å². The maximum Gasteiger partial charge on any atom is 0.416 e. The van der Waals surface area contributed by atoms with Crippen molar-refractivity contribution in [1.29, 1.82) is 0 Å². The van der Waals surface area contributed by atoms with Crippen molar-refractivity contribution < 1.29 is 13.2 Å². The summed E-state index contributed by atoms with van der Waals surface area (Å²) in [5.41, 5.74) is 13.2. The minimum Gasteiger partial charge on any atom is -0.398 e. The van der Waals surface area contributed by atoms with Crippen molar-refractivity contribution in [3.63, 3.8) is 0 Å². The van der Waals surface area contributed by atoms with Crippen molar-refractivity contribution in [1.82, 2.24) is 9.97 Å². The molecule has 30 heavy (non-hydrogen) atoms. The Bertz CT molecular complexity index is 1110. The predicted octanol–water partition coefficient (Wildman–Crippen LogP) is 6.37. The Morgan fingerprint density at radius 1 is 0.933 bits per heavy atom. The van der Waals surface area contributed by atoms with Gasteiger partial charge < -0.3 is 11.5 Å². The second-order valence-corrected chi connectivity index (χ2v) is 8.22. The number of benzene rings is 2. The first kappa shape index (κ1) is 21.8. The molecule has 2 aromatic heterocycles. The topological polar surface area (TPSA) is 77.8 Å². The zero-order chi connectivity index (χ0) is 21.7. The van der Waals surface area contributed by atoms with E-state index in [1.165, 1.54) is 17.4 Å². The first-order chi connectivity index (χ1) is 14.3. The van der Waals surface area contributed by atoms with Crippen molar-refractivity contribution in [3.05, 3.63) is 70.7 Å². The van der Waals surface area contributed by atoms with Gasteiger partial charge in [0.2, 0.25) is 0 Å². The van der Waals surface area contributed by atoms with Crippen LogP contribution in [0.4, 0.5) is 24.5 Å². The summed E-state index contributed by atoms with van der Waals surface area (Å²) in [4.78, 5) is 9.43. The third-order valence-electron chi connectivity index (χ3n) is 4.13. The van der Waals surface area contributed by atoms with Gasteiger partial charge in [-0.2, -0.15) is 13.2 Å². The lowest BCUT2D eigenvalue weighted by molar-refractivity contribution is -0.137. The predicted molar refractivity (Wildman–Crippen MR) is 118 cm³/mol. The summed E-state index contributed by atoms with van der Waals surface area (Å²) < 4.78 is 37.5. The van der Waals surface area contributed by atoms with E-state index in [0.717, 1.165) is 39.7 Å². The molecule has 0 bridgehead atoms. The summed E-state index contributed by atoms with van der Waals surface area (Å²) in [6, 6.07) is 11.1. The zero-order valence-electron chi connectivity index (χ0n) is 16.0. The number of rotatable bonds is 3. The fourth-order valence-electron chi connectivity index (χ4n) is 2.58. The van der Waals surface area contributed by atoms with E-state index in [0.29, 0.717) is 10.6 Å². The molecule has 4 aromatic rings. The Kier molecular flexibility index (Phi) is 6.73. The molecule has 156 valence electrons. The molecule has 2 aromatic carbocycles. The van der Waals surface area contributed by atoms with Crippen LogP contribution >= 0.6 is 22.7 Å². The van der Waals surface area contributed by atoms with Gasteiger partial charge in [0.25, 0.3) is 0 Å². The maximum absolute atomic E-state index is 12.5. The molecule has 0 saturated carbocycles. The van der Waals surface area contributed by atoms with E-state index in [9.17, 15) is 13.2 Å². The van der Waals surface area contributed by atoms with Gasteiger partial charge in [-0.1, -0.05) is 19.1 Å². The van der Waals surface area contributed by atoms with E-state index in [2.05, 4.69) is 9.97 Å². The van der Waals surface area contributed by atoms with E-state index in [4.69, 9.17) is 11.5 Å². The van der Waals surface area contributed by atoms with Gasteiger partial charge in [-0.05, 0) is 36.8 Å². The molecule has 0 radical (unpaired) electrons. The lowest BCUT2D eigenvalue weighted by atomic mass is 10.1. The van der Waals surface area contributed by atoms with E-state index in [1.807, 2.05) is 36.6 Å². The Hall–Kier alpha value is -2.91. The average Bonchev–Trinajstić information content (AvgIpc) is 3.40. The fraction of sp³-hybridized carbons (Fsp3) is 0.143. The summed E-state index contributed by atoms with van der Waals surface area (Å²) in [5.74, 6) is 0. The van der Waals surface area contributed by atoms with Crippen LogP contribution in [0, 0.1) is 0 Å². The number of aryl methyl sites for hydroxylation is 1. The van der Waals surface area contributed by atoms with Crippen LogP contribution in [0.5, 0.6) is 0 Å². The number of hydrogen-bond acceptors (Lipinski definition) is 6. The van der Waals surface area contributed by atoms with Crippen molar-refractivity contribution in [2.75, 3.05) is 11.5 Å². The van der Waals surface area contributed by atoms with Crippen molar-refractivity contribution >= 4 is 34.0 Å².